The number of hydrogen-bond donors (Lipinski definition) is 1. The fourth-order valence-electron chi connectivity index (χ4n) is 4.34. The van der Waals surface area contributed by atoms with Crippen LogP contribution in [0.4, 0.5) is 8.78 Å². The van der Waals surface area contributed by atoms with Gasteiger partial charge in [-0.15, -0.1) is 0 Å². The number of amides is 2. The molecule has 2 amide bonds. The molecule has 39 heavy (non-hydrogen) atoms. The Balaban J connectivity index is 2.05. The van der Waals surface area contributed by atoms with Gasteiger partial charge in [-0.05, 0) is 49.1 Å². The highest BCUT2D eigenvalue weighted by Crippen LogP contribution is 2.32. The zero-order chi connectivity index (χ0) is 28.7. The molecule has 0 aliphatic heterocycles. The number of nitriles is 1. The van der Waals surface area contributed by atoms with E-state index in [-0.39, 0.29) is 24.4 Å². The third kappa shape index (κ3) is 6.77. The highest BCUT2D eigenvalue weighted by Gasteiger charge is 2.31. The number of halogens is 2. The molecule has 3 aromatic rings. The normalized spacial score (nSPS) is 11.8. The van der Waals surface area contributed by atoms with Gasteiger partial charge >= 0.3 is 0 Å². The van der Waals surface area contributed by atoms with Crippen LogP contribution in [0.3, 0.4) is 0 Å². The Kier molecular flexibility index (Phi) is 9.37. The second-order valence-electron chi connectivity index (χ2n) is 10.2. The van der Waals surface area contributed by atoms with E-state index < -0.39 is 40.0 Å². The molecule has 3 aromatic carbocycles. The van der Waals surface area contributed by atoms with Crippen molar-refractivity contribution in [3.8, 4) is 6.07 Å². The van der Waals surface area contributed by atoms with Crippen molar-refractivity contribution in [2.45, 2.75) is 41.0 Å². The summed E-state index contributed by atoms with van der Waals surface area (Å²) in [5.41, 5.74) is 1.11. The number of nitrogens with zero attached hydrogens (tertiary/aromatic N) is 2. The summed E-state index contributed by atoms with van der Waals surface area (Å²) in [6.07, 6.45) is 0.720. The molecule has 7 heteroatoms. The zero-order valence-corrected chi connectivity index (χ0v) is 22.9. The van der Waals surface area contributed by atoms with Crippen LogP contribution in [0.5, 0.6) is 0 Å². The van der Waals surface area contributed by atoms with Crippen molar-refractivity contribution in [1.29, 1.82) is 5.26 Å². The highest BCUT2D eigenvalue weighted by atomic mass is 19.1. The first kappa shape index (κ1) is 29.2. The number of rotatable bonds is 8. The molecule has 5 nitrogen and oxygen atoms in total. The smallest absolute Gasteiger partial charge is 0.259 e. The van der Waals surface area contributed by atoms with E-state index in [0.717, 1.165) is 29.7 Å². The first-order valence-electron chi connectivity index (χ1n) is 12.9. The van der Waals surface area contributed by atoms with E-state index in [1.807, 2.05) is 42.5 Å². The van der Waals surface area contributed by atoms with E-state index in [2.05, 4.69) is 11.4 Å². The van der Waals surface area contributed by atoms with Gasteiger partial charge in [-0.25, -0.2) is 8.78 Å². The Morgan fingerprint density at radius 1 is 0.846 bits per heavy atom. The second kappa shape index (κ2) is 12.5. The minimum absolute atomic E-state index is 0.190. The van der Waals surface area contributed by atoms with Crippen molar-refractivity contribution in [3.05, 3.63) is 112 Å². The molecule has 0 fully saturated rings. The van der Waals surface area contributed by atoms with E-state index in [9.17, 15) is 19.2 Å². The lowest BCUT2D eigenvalue weighted by atomic mass is 9.86. The molecule has 0 aliphatic rings. The summed E-state index contributed by atoms with van der Waals surface area (Å²) in [6, 6.07) is 21.2. The van der Waals surface area contributed by atoms with Gasteiger partial charge in [-0.3, -0.25) is 9.59 Å². The van der Waals surface area contributed by atoms with Crippen LogP contribution in [0.2, 0.25) is 0 Å². The molecule has 3 rings (SSSR count). The number of hydrogen-bond acceptors (Lipinski definition) is 3. The van der Waals surface area contributed by atoms with E-state index in [0.29, 0.717) is 5.56 Å². The minimum atomic E-state index is -1.03. The predicted molar refractivity (Wildman–Crippen MR) is 149 cm³/mol. The first-order valence-corrected chi connectivity index (χ1v) is 12.9. The lowest BCUT2D eigenvalue weighted by molar-refractivity contribution is 0.0759. The average Bonchev–Trinajstić information content (AvgIpc) is 2.91. The topological polar surface area (TPSA) is 73.2 Å². The summed E-state index contributed by atoms with van der Waals surface area (Å²) < 4.78 is 29.9. The molecule has 0 unspecified atom stereocenters. The molecule has 0 aromatic heterocycles. The molecule has 0 atom stereocenters. The van der Waals surface area contributed by atoms with Crippen LogP contribution in [0.1, 0.15) is 72.0 Å². The largest absolute Gasteiger partial charge is 0.339 e. The van der Waals surface area contributed by atoms with Crippen LogP contribution in [0, 0.1) is 28.4 Å². The zero-order valence-electron chi connectivity index (χ0n) is 22.9. The third-order valence-corrected chi connectivity index (χ3v) is 6.44. The maximum atomic E-state index is 15.0. The van der Waals surface area contributed by atoms with Crippen LogP contribution >= 0.6 is 0 Å². The maximum Gasteiger partial charge on any atom is 0.259 e. The van der Waals surface area contributed by atoms with Gasteiger partial charge in [0, 0.05) is 24.2 Å². The van der Waals surface area contributed by atoms with Crippen molar-refractivity contribution in [3.63, 3.8) is 0 Å². The Hall–Kier alpha value is -4.31. The number of benzene rings is 3. The number of nitrogens with one attached hydrogen (secondary N) is 1. The molecule has 0 saturated carbocycles. The highest BCUT2D eigenvalue weighted by molar-refractivity contribution is 6.08. The molecule has 202 valence electrons. The summed E-state index contributed by atoms with van der Waals surface area (Å²) in [7, 11) is 0. The van der Waals surface area contributed by atoms with Crippen molar-refractivity contribution in [1.82, 2.24) is 10.2 Å². The van der Waals surface area contributed by atoms with E-state index >= 15 is 4.39 Å². The minimum Gasteiger partial charge on any atom is -0.339 e. The fourth-order valence-corrected chi connectivity index (χ4v) is 4.34. The van der Waals surface area contributed by atoms with Crippen molar-refractivity contribution < 1.29 is 18.4 Å². The van der Waals surface area contributed by atoms with Crippen molar-refractivity contribution >= 4 is 17.4 Å². The summed E-state index contributed by atoms with van der Waals surface area (Å²) in [4.78, 5) is 27.8. The molecule has 0 heterocycles. The lowest BCUT2D eigenvalue weighted by Gasteiger charge is -2.26. The lowest BCUT2D eigenvalue weighted by Crippen LogP contribution is -2.36. The number of allylic oxidation sites excluding steroid dienone is 2. The van der Waals surface area contributed by atoms with Gasteiger partial charge < -0.3 is 10.2 Å². The monoisotopic (exact) mass is 529 g/mol. The van der Waals surface area contributed by atoms with Crippen molar-refractivity contribution in [2.24, 2.45) is 5.41 Å². The molecular formula is C32H33F2N3O2. The van der Waals surface area contributed by atoms with Crippen LogP contribution in [0.25, 0.3) is 5.57 Å². The van der Waals surface area contributed by atoms with E-state index in [4.69, 9.17) is 0 Å². The molecule has 0 saturated heterocycles. The molecular weight excluding hydrogens is 496 g/mol. The second-order valence-corrected chi connectivity index (χ2v) is 10.2. The van der Waals surface area contributed by atoms with E-state index in [1.165, 1.54) is 4.90 Å². The van der Waals surface area contributed by atoms with Crippen molar-refractivity contribution in [2.75, 3.05) is 13.1 Å². The maximum absolute atomic E-state index is 15.0. The Morgan fingerprint density at radius 2 is 1.38 bits per heavy atom. The summed E-state index contributed by atoms with van der Waals surface area (Å²) in [5, 5.41) is 12.8. The quantitative estimate of drug-likeness (QED) is 0.328. The fraction of sp³-hybridized carbons (Fsp3) is 0.281. The Morgan fingerprint density at radius 3 is 1.90 bits per heavy atom. The van der Waals surface area contributed by atoms with Gasteiger partial charge in [0.1, 0.15) is 17.7 Å². The Labute approximate surface area is 228 Å². The molecule has 0 radical (unpaired) electrons. The number of carbonyl (C=O) groups excluding carboxylic acids is 2. The van der Waals surface area contributed by atoms with Crippen LogP contribution < -0.4 is 5.32 Å². The van der Waals surface area contributed by atoms with Gasteiger partial charge in [-0.1, -0.05) is 75.4 Å². The van der Waals surface area contributed by atoms with Gasteiger partial charge in [0.05, 0.1) is 16.7 Å². The number of carbonyl (C=O) groups is 2. The molecule has 0 bridgehead atoms. The predicted octanol–water partition coefficient (Wildman–Crippen LogP) is 6.75. The van der Waals surface area contributed by atoms with Gasteiger partial charge in [-0.2, -0.15) is 5.26 Å². The van der Waals surface area contributed by atoms with Crippen LogP contribution in [-0.4, -0.2) is 29.8 Å². The van der Waals surface area contributed by atoms with Gasteiger partial charge in [0.25, 0.3) is 11.8 Å². The summed E-state index contributed by atoms with van der Waals surface area (Å²) in [6.45, 7) is 9.35. The summed E-state index contributed by atoms with van der Waals surface area (Å²) in [5.74, 6) is -3.80. The molecule has 1 N–H and O–H groups in total. The first-order chi connectivity index (χ1) is 18.5. The van der Waals surface area contributed by atoms with Crippen LogP contribution in [-0.2, 0) is 6.42 Å². The van der Waals surface area contributed by atoms with Gasteiger partial charge in [0.2, 0.25) is 0 Å². The Bertz CT molecular complexity index is 1410. The average molecular weight is 530 g/mol. The van der Waals surface area contributed by atoms with Crippen LogP contribution in [0.15, 0.2) is 72.4 Å². The van der Waals surface area contributed by atoms with E-state index in [1.54, 1.807) is 46.8 Å². The SMILES string of the molecule is CCN(CC)C(=O)c1c(F)ccc(F)c1C(=O)NC(=C(C#N)c1ccc(Cc2ccccc2)cc1)C(C)(C)C. The standard InChI is InChI=1S/C32H33F2N3O2/c1-6-37(7-2)31(39)28-26(34)18-17-25(33)27(28)30(38)36-29(32(3,4)5)24(20-35)23-15-13-22(14-16-23)19-21-11-9-8-10-12-21/h8-18H,6-7,19H2,1-5H3,(H,36,38). The summed E-state index contributed by atoms with van der Waals surface area (Å²) >= 11 is 0. The van der Waals surface area contributed by atoms with Gasteiger partial charge in [0.15, 0.2) is 0 Å². The molecule has 0 spiro atoms. The third-order valence-electron chi connectivity index (χ3n) is 6.44. The molecule has 0 aliphatic carbocycles.